The highest BCUT2D eigenvalue weighted by atomic mass is 35.5. The molecule has 0 radical (unpaired) electrons. The van der Waals surface area contributed by atoms with Gasteiger partial charge >= 0.3 is 0 Å². The molecule has 0 saturated carbocycles. The number of hydrogen-bond donors (Lipinski definition) is 1. The van der Waals surface area contributed by atoms with E-state index in [-0.39, 0.29) is 25.0 Å². The minimum atomic E-state index is -0.690. The maximum atomic E-state index is 13.1. The summed E-state index contributed by atoms with van der Waals surface area (Å²) in [6.45, 7) is 3.92. The third-order valence-electron chi connectivity index (χ3n) is 4.31. The van der Waals surface area contributed by atoms with Gasteiger partial charge in [-0.1, -0.05) is 59.9 Å². The monoisotopic (exact) mass is 456 g/mol. The third-order valence-corrected chi connectivity index (χ3v) is 5.34. The van der Waals surface area contributed by atoms with Crippen molar-refractivity contribution < 1.29 is 14.3 Å². The van der Waals surface area contributed by atoms with Gasteiger partial charge in [0, 0.05) is 28.7 Å². The molecule has 2 aromatic carbocycles. The molecule has 0 aromatic heterocycles. The Morgan fingerprint density at radius 3 is 2.21 bits per heavy atom. The summed E-state index contributed by atoms with van der Waals surface area (Å²) < 4.78 is 5.59. The fourth-order valence-electron chi connectivity index (χ4n) is 2.85. The summed E-state index contributed by atoms with van der Waals surface area (Å²) in [5.41, 5.74) is 0.574. The SMILES string of the molecule is CCNC(=O)[C@@H](CC)N(Cc1c(Cl)cccc1Cl)C(=O)COc1ccccc1Cl. The van der Waals surface area contributed by atoms with E-state index in [4.69, 9.17) is 39.5 Å². The highest BCUT2D eigenvalue weighted by molar-refractivity contribution is 6.36. The van der Waals surface area contributed by atoms with Gasteiger partial charge in [0.25, 0.3) is 5.91 Å². The van der Waals surface area contributed by atoms with Crippen molar-refractivity contribution in [2.24, 2.45) is 0 Å². The Morgan fingerprint density at radius 2 is 1.62 bits per heavy atom. The predicted molar refractivity (Wildman–Crippen MR) is 117 cm³/mol. The molecule has 29 heavy (non-hydrogen) atoms. The summed E-state index contributed by atoms with van der Waals surface area (Å²) in [6.07, 6.45) is 0.422. The molecule has 0 bridgehead atoms. The second-order valence-corrected chi connectivity index (χ2v) is 7.48. The Bertz CT molecular complexity index is 841. The molecule has 0 aliphatic heterocycles. The van der Waals surface area contributed by atoms with Gasteiger partial charge in [-0.05, 0) is 37.6 Å². The van der Waals surface area contributed by atoms with Gasteiger partial charge in [0.1, 0.15) is 11.8 Å². The zero-order valence-electron chi connectivity index (χ0n) is 16.3. The van der Waals surface area contributed by atoms with E-state index in [1.54, 1.807) is 42.5 Å². The molecule has 1 atom stereocenters. The van der Waals surface area contributed by atoms with Gasteiger partial charge in [0.2, 0.25) is 5.91 Å². The van der Waals surface area contributed by atoms with Crippen molar-refractivity contribution >= 4 is 46.6 Å². The number of halogens is 3. The van der Waals surface area contributed by atoms with Crippen LogP contribution in [0.1, 0.15) is 25.8 Å². The van der Waals surface area contributed by atoms with E-state index in [1.807, 2.05) is 13.8 Å². The molecule has 0 aliphatic carbocycles. The number of nitrogens with zero attached hydrogens (tertiary/aromatic N) is 1. The van der Waals surface area contributed by atoms with E-state index >= 15 is 0 Å². The number of para-hydroxylation sites is 1. The second kappa shape index (κ2) is 11.3. The van der Waals surface area contributed by atoms with Crippen LogP contribution in [0.25, 0.3) is 0 Å². The smallest absolute Gasteiger partial charge is 0.261 e. The van der Waals surface area contributed by atoms with Crippen molar-refractivity contribution in [2.75, 3.05) is 13.2 Å². The lowest BCUT2D eigenvalue weighted by Gasteiger charge is -2.31. The van der Waals surface area contributed by atoms with Gasteiger partial charge in [-0.25, -0.2) is 0 Å². The maximum absolute atomic E-state index is 13.1. The summed E-state index contributed by atoms with van der Waals surface area (Å²) in [5.74, 6) is -0.229. The summed E-state index contributed by atoms with van der Waals surface area (Å²) >= 11 is 18.7. The molecule has 0 fully saturated rings. The highest BCUT2D eigenvalue weighted by Gasteiger charge is 2.29. The zero-order valence-corrected chi connectivity index (χ0v) is 18.5. The van der Waals surface area contributed by atoms with Crippen LogP contribution >= 0.6 is 34.8 Å². The molecule has 5 nitrogen and oxygen atoms in total. The lowest BCUT2D eigenvalue weighted by molar-refractivity contribution is -0.142. The van der Waals surface area contributed by atoms with E-state index in [9.17, 15) is 9.59 Å². The number of ether oxygens (including phenoxy) is 1. The zero-order chi connectivity index (χ0) is 21.4. The molecule has 0 spiro atoms. The molecule has 0 aliphatic rings. The first-order valence-electron chi connectivity index (χ1n) is 9.26. The van der Waals surface area contributed by atoms with Crippen LogP contribution in [0, 0.1) is 0 Å². The van der Waals surface area contributed by atoms with Gasteiger partial charge in [0.05, 0.1) is 5.02 Å². The molecule has 1 N–H and O–H groups in total. The topological polar surface area (TPSA) is 58.6 Å². The summed E-state index contributed by atoms with van der Waals surface area (Å²) in [4.78, 5) is 27.1. The van der Waals surface area contributed by atoms with Crippen LogP contribution in [0.4, 0.5) is 0 Å². The van der Waals surface area contributed by atoms with Crippen LogP contribution in [0.15, 0.2) is 42.5 Å². The number of carbonyl (C=O) groups excluding carboxylic acids is 2. The first kappa shape index (κ1) is 23.3. The number of amides is 2. The average molecular weight is 458 g/mol. The van der Waals surface area contributed by atoms with E-state index < -0.39 is 6.04 Å². The molecule has 0 unspecified atom stereocenters. The molecule has 156 valence electrons. The molecular weight excluding hydrogens is 435 g/mol. The number of nitrogens with one attached hydrogen (secondary N) is 1. The van der Waals surface area contributed by atoms with Gasteiger partial charge in [-0.15, -0.1) is 0 Å². The number of benzene rings is 2. The molecule has 2 amide bonds. The molecule has 2 aromatic rings. The summed E-state index contributed by atoms with van der Waals surface area (Å²) in [7, 11) is 0. The van der Waals surface area contributed by atoms with Crippen LogP contribution in [-0.2, 0) is 16.1 Å². The summed E-state index contributed by atoms with van der Waals surface area (Å²) in [6, 6.07) is 11.3. The van der Waals surface area contributed by atoms with Crippen LogP contribution in [-0.4, -0.2) is 35.9 Å². The van der Waals surface area contributed by atoms with Gasteiger partial charge < -0.3 is 15.0 Å². The Hall–Kier alpha value is -1.95. The van der Waals surface area contributed by atoms with E-state index in [2.05, 4.69) is 5.32 Å². The van der Waals surface area contributed by atoms with Gasteiger partial charge in [-0.3, -0.25) is 9.59 Å². The normalized spacial score (nSPS) is 11.6. The van der Waals surface area contributed by atoms with Crippen molar-refractivity contribution in [3.05, 3.63) is 63.1 Å². The fourth-order valence-corrected chi connectivity index (χ4v) is 3.56. The fraction of sp³-hybridized carbons (Fsp3) is 0.333. The van der Waals surface area contributed by atoms with Crippen molar-refractivity contribution in [2.45, 2.75) is 32.9 Å². The van der Waals surface area contributed by atoms with Crippen molar-refractivity contribution in [3.8, 4) is 5.75 Å². The molecule has 0 heterocycles. The number of likely N-dealkylation sites (N-methyl/N-ethyl adjacent to an activating group) is 1. The van der Waals surface area contributed by atoms with E-state index in [1.165, 1.54) is 4.90 Å². The Balaban J connectivity index is 2.28. The molecular formula is C21H23Cl3N2O3. The minimum Gasteiger partial charge on any atom is -0.482 e. The summed E-state index contributed by atoms with van der Waals surface area (Å²) in [5, 5.41) is 4.02. The first-order chi connectivity index (χ1) is 13.9. The standard InChI is InChI=1S/C21H23Cl3N2O3/c1-3-18(21(28)25-4-2)26(12-14-15(22)9-7-10-16(14)23)20(27)13-29-19-11-6-5-8-17(19)24/h5-11,18H,3-4,12-13H2,1-2H3,(H,25,28)/t18-/m1/s1. The Labute approximate surface area is 185 Å². The van der Waals surface area contributed by atoms with Crippen molar-refractivity contribution in [1.82, 2.24) is 10.2 Å². The third kappa shape index (κ3) is 6.26. The maximum Gasteiger partial charge on any atom is 0.261 e. The van der Waals surface area contributed by atoms with Crippen molar-refractivity contribution in [1.29, 1.82) is 0 Å². The van der Waals surface area contributed by atoms with Crippen LogP contribution in [0.5, 0.6) is 5.75 Å². The van der Waals surface area contributed by atoms with Crippen molar-refractivity contribution in [3.63, 3.8) is 0 Å². The lowest BCUT2D eigenvalue weighted by Crippen LogP contribution is -2.50. The average Bonchev–Trinajstić information content (AvgIpc) is 2.69. The van der Waals surface area contributed by atoms with E-state index in [0.29, 0.717) is 39.3 Å². The molecule has 8 heteroatoms. The Morgan fingerprint density at radius 1 is 1.00 bits per heavy atom. The number of rotatable bonds is 9. The highest BCUT2D eigenvalue weighted by Crippen LogP contribution is 2.27. The lowest BCUT2D eigenvalue weighted by atomic mass is 10.1. The molecule has 0 saturated heterocycles. The van der Waals surface area contributed by atoms with Gasteiger partial charge in [-0.2, -0.15) is 0 Å². The second-order valence-electron chi connectivity index (χ2n) is 6.26. The minimum absolute atomic E-state index is 0.0822. The molecule has 2 rings (SSSR count). The number of hydrogen-bond acceptors (Lipinski definition) is 3. The first-order valence-corrected chi connectivity index (χ1v) is 10.4. The van der Waals surface area contributed by atoms with Crippen LogP contribution in [0.3, 0.4) is 0 Å². The van der Waals surface area contributed by atoms with E-state index in [0.717, 1.165) is 0 Å². The van der Waals surface area contributed by atoms with Crippen LogP contribution in [0.2, 0.25) is 15.1 Å². The largest absolute Gasteiger partial charge is 0.482 e. The number of carbonyl (C=O) groups is 2. The van der Waals surface area contributed by atoms with Gasteiger partial charge in [0.15, 0.2) is 6.61 Å². The van der Waals surface area contributed by atoms with Crippen LogP contribution < -0.4 is 10.1 Å². The Kier molecular flexibility index (Phi) is 9.08. The predicted octanol–water partition coefficient (Wildman–Crippen LogP) is 4.97. The quantitative estimate of drug-likeness (QED) is 0.578.